The molecule has 3 aromatic carbocycles. The van der Waals surface area contributed by atoms with Crippen LogP contribution in [0, 0.1) is 19.8 Å². The first kappa shape index (κ1) is 28.2. The molecule has 0 aliphatic rings. The van der Waals surface area contributed by atoms with Gasteiger partial charge in [-0.1, -0.05) is 85.6 Å². The standard InChI is InChI=1S/C30H31Cl2N5O2/c1-19(2)17-36(30(39)33-25-15-14-23(31)16-24(25)32)18-27(38)34-29-28(22-11-6-5-7-12-22)21(4)35-37(29)26-13-9-8-10-20(26)3/h5-16,19H,17-18H2,1-4H3,(H,33,39)(H,34,38). The molecule has 2 N–H and O–H groups in total. The Balaban J connectivity index is 1.65. The fourth-order valence-electron chi connectivity index (χ4n) is 4.36. The molecule has 0 aliphatic heterocycles. The average Bonchev–Trinajstić information content (AvgIpc) is 3.20. The number of hydrogen-bond acceptors (Lipinski definition) is 3. The largest absolute Gasteiger partial charge is 0.322 e. The monoisotopic (exact) mass is 563 g/mol. The molecule has 4 rings (SSSR count). The van der Waals surface area contributed by atoms with E-state index < -0.39 is 6.03 Å². The van der Waals surface area contributed by atoms with E-state index in [2.05, 4.69) is 10.6 Å². The summed E-state index contributed by atoms with van der Waals surface area (Å²) in [6.45, 7) is 8.08. The van der Waals surface area contributed by atoms with Crippen molar-refractivity contribution in [2.24, 2.45) is 5.92 Å². The summed E-state index contributed by atoms with van der Waals surface area (Å²) in [6, 6.07) is 22.0. The highest BCUT2D eigenvalue weighted by Gasteiger charge is 2.24. The van der Waals surface area contributed by atoms with Crippen molar-refractivity contribution in [3.63, 3.8) is 0 Å². The molecule has 0 aliphatic carbocycles. The number of hydrogen-bond donors (Lipinski definition) is 2. The number of urea groups is 1. The minimum Gasteiger partial charge on any atom is -0.315 e. The molecule has 0 bridgehead atoms. The van der Waals surface area contributed by atoms with Crippen LogP contribution in [0.4, 0.5) is 16.3 Å². The van der Waals surface area contributed by atoms with E-state index in [-0.39, 0.29) is 18.4 Å². The molecular formula is C30H31Cl2N5O2. The van der Waals surface area contributed by atoms with Gasteiger partial charge in [-0.25, -0.2) is 9.48 Å². The lowest BCUT2D eigenvalue weighted by atomic mass is 10.1. The van der Waals surface area contributed by atoms with Crippen LogP contribution in [0.5, 0.6) is 0 Å². The van der Waals surface area contributed by atoms with Gasteiger partial charge in [0.05, 0.1) is 22.1 Å². The molecule has 39 heavy (non-hydrogen) atoms. The number of aryl methyl sites for hydroxylation is 2. The van der Waals surface area contributed by atoms with Crippen molar-refractivity contribution in [1.29, 1.82) is 0 Å². The summed E-state index contributed by atoms with van der Waals surface area (Å²) < 4.78 is 1.76. The first-order valence-corrected chi connectivity index (χ1v) is 13.4. The molecule has 3 amide bonds. The van der Waals surface area contributed by atoms with E-state index in [0.717, 1.165) is 28.1 Å². The Bertz CT molecular complexity index is 1480. The van der Waals surface area contributed by atoms with E-state index >= 15 is 0 Å². The first-order chi connectivity index (χ1) is 18.6. The Morgan fingerprint density at radius 2 is 1.64 bits per heavy atom. The Morgan fingerprint density at radius 1 is 0.949 bits per heavy atom. The van der Waals surface area contributed by atoms with Crippen LogP contribution in [0.25, 0.3) is 16.8 Å². The zero-order valence-corrected chi connectivity index (χ0v) is 23.8. The van der Waals surface area contributed by atoms with Crippen molar-refractivity contribution in [2.45, 2.75) is 27.7 Å². The highest BCUT2D eigenvalue weighted by Crippen LogP contribution is 2.34. The number of benzene rings is 3. The lowest BCUT2D eigenvalue weighted by Gasteiger charge is -2.25. The fourth-order valence-corrected chi connectivity index (χ4v) is 4.81. The Hall–Kier alpha value is -3.81. The predicted molar refractivity (Wildman–Crippen MR) is 159 cm³/mol. The molecule has 4 aromatic rings. The Morgan fingerprint density at radius 3 is 2.31 bits per heavy atom. The number of amides is 3. The predicted octanol–water partition coefficient (Wildman–Crippen LogP) is 7.59. The summed E-state index contributed by atoms with van der Waals surface area (Å²) in [5.74, 6) is 0.326. The van der Waals surface area contributed by atoms with Gasteiger partial charge in [0.15, 0.2) is 0 Å². The minimum absolute atomic E-state index is 0.129. The number of carbonyl (C=O) groups excluding carboxylic acids is 2. The minimum atomic E-state index is -0.435. The quantitative estimate of drug-likeness (QED) is 0.231. The molecule has 0 radical (unpaired) electrons. The van der Waals surface area contributed by atoms with Gasteiger partial charge in [0.1, 0.15) is 12.4 Å². The Labute approximate surface area is 238 Å². The van der Waals surface area contributed by atoms with Gasteiger partial charge < -0.3 is 15.5 Å². The number of aromatic nitrogens is 2. The van der Waals surface area contributed by atoms with Crippen LogP contribution in [-0.4, -0.2) is 39.7 Å². The van der Waals surface area contributed by atoms with E-state index in [1.54, 1.807) is 22.9 Å². The second-order valence-electron chi connectivity index (χ2n) is 9.75. The van der Waals surface area contributed by atoms with Gasteiger partial charge >= 0.3 is 6.03 Å². The summed E-state index contributed by atoms with van der Waals surface area (Å²) in [7, 11) is 0. The number of para-hydroxylation sites is 1. The van der Waals surface area contributed by atoms with Crippen molar-refractivity contribution in [3.8, 4) is 16.8 Å². The smallest absolute Gasteiger partial charge is 0.315 e. The number of halogens is 2. The Kier molecular flexibility index (Phi) is 8.94. The van der Waals surface area contributed by atoms with Gasteiger partial charge in [0.2, 0.25) is 5.91 Å². The highest BCUT2D eigenvalue weighted by atomic mass is 35.5. The lowest BCUT2D eigenvalue weighted by Crippen LogP contribution is -2.42. The third-order valence-corrected chi connectivity index (χ3v) is 6.65. The van der Waals surface area contributed by atoms with Crippen molar-refractivity contribution < 1.29 is 9.59 Å². The van der Waals surface area contributed by atoms with Crippen LogP contribution in [0.2, 0.25) is 10.0 Å². The average molecular weight is 565 g/mol. The first-order valence-electron chi connectivity index (χ1n) is 12.7. The molecule has 0 atom stereocenters. The van der Waals surface area contributed by atoms with E-state index in [0.29, 0.717) is 28.1 Å². The van der Waals surface area contributed by atoms with Gasteiger partial charge in [-0.3, -0.25) is 4.79 Å². The molecule has 1 heterocycles. The van der Waals surface area contributed by atoms with Gasteiger partial charge in [-0.15, -0.1) is 0 Å². The van der Waals surface area contributed by atoms with Crippen LogP contribution in [-0.2, 0) is 4.79 Å². The summed E-state index contributed by atoms with van der Waals surface area (Å²) in [6.07, 6.45) is 0. The summed E-state index contributed by atoms with van der Waals surface area (Å²) in [5.41, 5.74) is 4.80. The maximum absolute atomic E-state index is 13.5. The topological polar surface area (TPSA) is 79.3 Å². The zero-order valence-electron chi connectivity index (χ0n) is 22.3. The molecule has 9 heteroatoms. The van der Waals surface area contributed by atoms with E-state index in [9.17, 15) is 9.59 Å². The van der Waals surface area contributed by atoms with Crippen molar-refractivity contribution in [2.75, 3.05) is 23.7 Å². The van der Waals surface area contributed by atoms with Gasteiger partial charge in [-0.05, 0) is 55.2 Å². The molecule has 0 saturated heterocycles. The maximum atomic E-state index is 13.5. The summed E-state index contributed by atoms with van der Waals surface area (Å²) >= 11 is 12.2. The third kappa shape index (κ3) is 6.80. The number of nitrogens with zero attached hydrogens (tertiary/aromatic N) is 3. The lowest BCUT2D eigenvalue weighted by molar-refractivity contribution is -0.116. The molecule has 0 unspecified atom stereocenters. The number of nitrogens with one attached hydrogen (secondary N) is 2. The number of rotatable bonds is 8. The number of carbonyl (C=O) groups is 2. The summed E-state index contributed by atoms with van der Waals surface area (Å²) in [4.78, 5) is 28.2. The second-order valence-corrected chi connectivity index (χ2v) is 10.6. The fraction of sp³-hybridized carbons (Fsp3) is 0.233. The van der Waals surface area contributed by atoms with Gasteiger partial charge in [-0.2, -0.15) is 5.10 Å². The normalized spacial score (nSPS) is 10.9. The van der Waals surface area contributed by atoms with E-state index in [1.165, 1.54) is 4.90 Å². The molecular weight excluding hydrogens is 533 g/mol. The number of anilines is 2. The molecule has 202 valence electrons. The van der Waals surface area contributed by atoms with Crippen LogP contribution >= 0.6 is 23.2 Å². The maximum Gasteiger partial charge on any atom is 0.322 e. The van der Waals surface area contributed by atoms with E-state index in [4.69, 9.17) is 28.3 Å². The molecule has 7 nitrogen and oxygen atoms in total. The third-order valence-electron chi connectivity index (χ3n) is 6.10. The van der Waals surface area contributed by atoms with Crippen LogP contribution in [0.3, 0.4) is 0 Å². The van der Waals surface area contributed by atoms with Crippen LogP contribution in [0.15, 0.2) is 72.8 Å². The summed E-state index contributed by atoms with van der Waals surface area (Å²) in [5, 5.41) is 11.4. The zero-order chi connectivity index (χ0) is 28.1. The molecule has 0 saturated carbocycles. The molecule has 0 fully saturated rings. The van der Waals surface area contributed by atoms with Crippen LogP contribution in [0.1, 0.15) is 25.1 Å². The molecule has 1 aromatic heterocycles. The SMILES string of the molecule is Cc1ccccc1-n1nc(C)c(-c2ccccc2)c1NC(=O)CN(CC(C)C)C(=O)Nc1ccc(Cl)cc1Cl. The molecule has 0 spiro atoms. The van der Waals surface area contributed by atoms with Gasteiger partial charge in [0, 0.05) is 17.1 Å². The van der Waals surface area contributed by atoms with Crippen molar-refractivity contribution in [1.82, 2.24) is 14.7 Å². The van der Waals surface area contributed by atoms with Gasteiger partial charge in [0.25, 0.3) is 0 Å². The van der Waals surface area contributed by atoms with Crippen molar-refractivity contribution >= 4 is 46.6 Å². The van der Waals surface area contributed by atoms with E-state index in [1.807, 2.05) is 82.3 Å². The highest BCUT2D eigenvalue weighted by molar-refractivity contribution is 6.36. The van der Waals surface area contributed by atoms with Crippen molar-refractivity contribution in [3.05, 3.63) is 94.1 Å². The second kappa shape index (κ2) is 12.4. The van der Waals surface area contributed by atoms with Crippen LogP contribution < -0.4 is 10.6 Å².